The topological polar surface area (TPSA) is 21.7 Å². The Bertz CT molecular complexity index is 488. The molecule has 110 valence electrons. The number of hydrogen-bond acceptors (Lipinski definition) is 3. The van der Waals surface area contributed by atoms with Crippen LogP contribution in [0.15, 0.2) is 18.2 Å². The molecule has 0 bridgehead atoms. The van der Waals surface area contributed by atoms with Gasteiger partial charge in [-0.15, -0.1) is 0 Å². The Labute approximate surface area is 121 Å². The van der Waals surface area contributed by atoms with Crippen molar-refractivity contribution < 1.29 is 9.47 Å². The first-order valence-electron chi connectivity index (χ1n) is 7.60. The zero-order chi connectivity index (χ0) is 14.2. The third kappa shape index (κ3) is 2.08. The summed E-state index contributed by atoms with van der Waals surface area (Å²) in [5, 5.41) is 0. The quantitative estimate of drug-likeness (QED) is 0.846. The Morgan fingerprint density at radius 1 is 1.15 bits per heavy atom. The summed E-state index contributed by atoms with van der Waals surface area (Å²) in [6.07, 6.45) is 5.39. The molecule has 0 N–H and O–H groups in total. The smallest absolute Gasteiger partial charge is 0.161 e. The van der Waals surface area contributed by atoms with Crippen LogP contribution in [0.25, 0.3) is 0 Å². The lowest BCUT2D eigenvalue weighted by molar-refractivity contribution is 0.240. The molecule has 0 amide bonds. The van der Waals surface area contributed by atoms with E-state index >= 15 is 0 Å². The Morgan fingerprint density at radius 3 is 2.70 bits per heavy atom. The molecule has 1 saturated heterocycles. The predicted octanol–water partition coefficient (Wildman–Crippen LogP) is 3.08. The number of benzene rings is 1. The largest absolute Gasteiger partial charge is 0.493 e. The fourth-order valence-corrected chi connectivity index (χ4v) is 4.33. The molecular weight excluding hydrogens is 250 g/mol. The van der Waals surface area contributed by atoms with Crippen LogP contribution in [-0.2, 0) is 5.41 Å². The van der Waals surface area contributed by atoms with Gasteiger partial charge in [-0.1, -0.05) is 18.9 Å². The van der Waals surface area contributed by atoms with Crippen LogP contribution in [-0.4, -0.2) is 39.3 Å². The van der Waals surface area contributed by atoms with Gasteiger partial charge in [0.15, 0.2) is 11.5 Å². The second-order valence-electron chi connectivity index (χ2n) is 6.37. The van der Waals surface area contributed by atoms with E-state index in [1.807, 2.05) is 0 Å². The van der Waals surface area contributed by atoms with E-state index in [-0.39, 0.29) is 0 Å². The summed E-state index contributed by atoms with van der Waals surface area (Å²) in [4.78, 5) is 2.49. The minimum absolute atomic E-state index is 0.326. The van der Waals surface area contributed by atoms with Crippen LogP contribution >= 0.6 is 0 Å². The van der Waals surface area contributed by atoms with Gasteiger partial charge in [-0.2, -0.15) is 0 Å². The van der Waals surface area contributed by atoms with Crippen LogP contribution in [0.5, 0.6) is 11.5 Å². The molecule has 0 radical (unpaired) electrons. The number of methoxy groups -OCH3 is 2. The van der Waals surface area contributed by atoms with Gasteiger partial charge in [-0.25, -0.2) is 0 Å². The van der Waals surface area contributed by atoms with Crippen LogP contribution in [0.2, 0.25) is 0 Å². The van der Waals surface area contributed by atoms with E-state index in [4.69, 9.17) is 9.47 Å². The number of nitrogens with zero attached hydrogens (tertiary/aromatic N) is 1. The van der Waals surface area contributed by atoms with Crippen LogP contribution in [0.1, 0.15) is 31.2 Å². The molecule has 1 saturated carbocycles. The summed E-state index contributed by atoms with van der Waals surface area (Å²) in [5.74, 6) is 2.48. The van der Waals surface area contributed by atoms with Gasteiger partial charge < -0.3 is 14.4 Å². The highest BCUT2D eigenvalue weighted by Gasteiger charge is 2.47. The maximum Gasteiger partial charge on any atom is 0.161 e. The van der Waals surface area contributed by atoms with Gasteiger partial charge in [0.05, 0.1) is 14.2 Å². The van der Waals surface area contributed by atoms with Crippen molar-refractivity contribution in [2.45, 2.75) is 31.1 Å². The van der Waals surface area contributed by atoms with Crippen LogP contribution in [0, 0.1) is 5.92 Å². The molecule has 2 atom stereocenters. The monoisotopic (exact) mass is 275 g/mol. The molecule has 2 fully saturated rings. The molecule has 1 heterocycles. The SMILES string of the molecule is COc1ccc([C@]23CCCC[C@H]2CN(C)C3)cc1OC. The van der Waals surface area contributed by atoms with E-state index in [0.717, 1.165) is 17.4 Å². The molecule has 20 heavy (non-hydrogen) atoms. The molecule has 3 nitrogen and oxygen atoms in total. The van der Waals surface area contributed by atoms with Crippen LogP contribution in [0.4, 0.5) is 0 Å². The third-order valence-corrected chi connectivity index (χ3v) is 5.25. The number of ether oxygens (including phenoxy) is 2. The van der Waals surface area contributed by atoms with E-state index in [9.17, 15) is 0 Å². The summed E-state index contributed by atoms with van der Waals surface area (Å²) >= 11 is 0. The highest BCUT2D eigenvalue weighted by molar-refractivity contribution is 5.46. The lowest BCUT2D eigenvalue weighted by Crippen LogP contribution is -2.37. The molecule has 1 aliphatic carbocycles. The maximum atomic E-state index is 5.50. The summed E-state index contributed by atoms with van der Waals surface area (Å²) in [5.41, 5.74) is 1.76. The Balaban J connectivity index is 2.01. The van der Waals surface area contributed by atoms with Crippen molar-refractivity contribution in [2.24, 2.45) is 5.92 Å². The van der Waals surface area contributed by atoms with Gasteiger partial charge in [-0.05, 0) is 43.5 Å². The number of likely N-dealkylation sites (tertiary alicyclic amines) is 1. The van der Waals surface area contributed by atoms with Gasteiger partial charge in [0.2, 0.25) is 0 Å². The van der Waals surface area contributed by atoms with Crippen LogP contribution in [0.3, 0.4) is 0 Å². The van der Waals surface area contributed by atoms with Gasteiger partial charge in [-0.3, -0.25) is 0 Å². The summed E-state index contributed by atoms with van der Waals surface area (Å²) in [7, 11) is 5.67. The fourth-order valence-electron chi connectivity index (χ4n) is 4.33. The Hall–Kier alpha value is -1.22. The number of fused-ring (bicyclic) bond motifs is 1. The number of rotatable bonds is 3. The van der Waals surface area contributed by atoms with Gasteiger partial charge in [0.1, 0.15) is 0 Å². The highest BCUT2D eigenvalue weighted by Crippen LogP contribution is 2.49. The van der Waals surface area contributed by atoms with Crippen molar-refractivity contribution in [1.82, 2.24) is 4.90 Å². The standard InChI is InChI=1S/C17H25NO2/c1-18-11-14-6-4-5-9-17(14,12-18)13-7-8-15(19-2)16(10-13)20-3/h7-8,10,14H,4-6,9,11-12H2,1-3H3/t14-,17+/m0/s1. The van der Waals surface area contributed by atoms with Crippen molar-refractivity contribution >= 4 is 0 Å². The van der Waals surface area contributed by atoms with E-state index < -0.39 is 0 Å². The first-order chi connectivity index (χ1) is 9.69. The van der Waals surface area contributed by atoms with Crippen molar-refractivity contribution in [3.63, 3.8) is 0 Å². The molecule has 2 aliphatic rings. The lowest BCUT2D eigenvalue weighted by atomic mass is 9.64. The highest BCUT2D eigenvalue weighted by atomic mass is 16.5. The zero-order valence-electron chi connectivity index (χ0n) is 12.8. The zero-order valence-corrected chi connectivity index (χ0v) is 12.8. The van der Waals surface area contributed by atoms with Crippen molar-refractivity contribution in [2.75, 3.05) is 34.4 Å². The summed E-state index contributed by atoms with van der Waals surface area (Å²) in [6.45, 7) is 2.40. The van der Waals surface area contributed by atoms with E-state index in [2.05, 4.69) is 30.1 Å². The van der Waals surface area contributed by atoms with Gasteiger partial charge in [0.25, 0.3) is 0 Å². The van der Waals surface area contributed by atoms with Gasteiger partial charge >= 0.3 is 0 Å². The number of hydrogen-bond donors (Lipinski definition) is 0. The van der Waals surface area contributed by atoms with E-state index in [0.29, 0.717) is 5.41 Å². The minimum atomic E-state index is 0.326. The molecule has 1 aliphatic heterocycles. The maximum absolute atomic E-state index is 5.50. The molecule has 1 aromatic carbocycles. The van der Waals surface area contributed by atoms with E-state index in [1.165, 1.54) is 44.3 Å². The second-order valence-corrected chi connectivity index (χ2v) is 6.37. The average molecular weight is 275 g/mol. The Morgan fingerprint density at radius 2 is 1.95 bits per heavy atom. The van der Waals surface area contributed by atoms with Crippen LogP contribution < -0.4 is 9.47 Å². The molecular formula is C17H25NO2. The number of likely N-dealkylation sites (N-methyl/N-ethyl adjacent to an activating group) is 1. The Kier molecular flexibility index (Phi) is 3.63. The molecule has 1 aromatic rings. The average Bonchev–Trinajstić information content (AvgIpc) is 2.83. The first kappa shape index (κ1) is 13.7. The molecule has 0 unspecified atom stereocenters. The fraction of sp³-hybridized carbons (Fsp3) is 0.647. The molecule has 0 aromatic heterocycles. The molecule has 3 heteroatoms. The van der Waals surface area contributed by atoms with Gasteiger partial charge in [0, 0.05) is 18.5 Å². The normalized spacial score (nSPS) is 30.1. The van der Waals surface area contributed by atoms with Crippen molar-refractivity contribution in [1.29, 1.82) is 0 Å². The summed E-state index contributed by atoms with van der Waals surface area (Å²) < 4.78 is 10.9. The molecule has 0 spiro atoms. The minimum Gasteiger partial charge on any atom is -0.493 e. The lowest BCUT2D eigenvalue weighted by Gasteiger charge is -2.39. The van der Waals surface area contributed by atoms with Crippen molar-refractivity contribution in [3.05, 3.63) is 23.8 Å². The molecule has 3 rings (SSSR count). The van der Waals surface area contributed by atoms with Crippen molar-refractivity contribution in [3.8, 4) is 11.5 Å². The second kappa shape index (κ2) is 5.28. The predicted molar refractivity (Wildman–Crippen MR) is 80.7 cm³/mol. The first-order valence-corrected chi connectivity index (χ1v) is 7.60. The third-order valence-electron chi connectivity index (χ3n) is 5.25. The van der Waals surface area contributed by atoms with E-state index in [1.54, 1.807) is 14.2 Å². The summed E-state index contributed by atoms with van der Waals surface area (Å²) in [6, 6.07) is 6.52.